The lowest BCUT2D eigenvalue weighted by Gasteiger charge is -2.15. The van der Waals surface area contributed by atoms with Crippen molar-refractivity contribution in [3.05, 3.63) is 47.5 Å². The third kappa shape index (κ3) is 2.62. The zero-order chi connectivity index (χ0) is 13.1. The molecule has 1 atom stereocenters. The van der Waals surface area contributed by atoms with Gasteiger partial charge in [0.2, 0.25) is 0 Å². The molecule has 2 aromatic rings. The molecule has 1 unspecified atom stereocenters. The maximum Gasteiger partial charge on any atom is 0.112 e. The van der Waals surface area contributed by atoms with Crippen LogP contribution in [0, 0.1) is 6.92 Å². The van der Waals surface area contributed by atoms with Gasteiger partial charge in [-0.15, -0.1) is 0 Å². The molecule has 0 saturated heterocycles. The number of imidazole rings is 1. The Labute approximate surface area is 109 Å². The van der Waals surface area contributed by atoms with Crippen molar-refractivity contribution in [3.8, 4) is 5.69 Å². The number of benzene rings is 1. The van der Waals surface area contributed by atoms with Gasteiger partial charge in [-0.3, -0.25) is 0 Å². The molecule has 0 amide bonds. The number of nitrogens with two attached hydrogens (primary N) is 1. The van der Waals surface area contributed by atoms with Crippen molar-refractivity contribution >= 4 is 0 Å². The number of aromatic nitrogens is 2. The Bertz CT molecular complexity index is 526. The predicted molar refractivity (Wildman–Crippen MR) is 75.0 cm³/mol. The molecule has 0 spiro atoms. The van der Waals surface area contributed by atoms with Crippen LogP contribution in [-0.4, -0.2) is 15.6 Å². The van der Waals surface area contributed by atoms with Gasteiger partial charge in [-0.05, 0) is 31.9 Å². The minimum atomic E-state index is 0.166. The molecule has 1 aromatic heterocycles. The number of nitrogens with zero attached hydrogens (tertiary/aromatic N) is 2. The third-order valence-corrected chi connectivity index (χ3v) is 3.07. The predicted octanol–water partition coefficient (Wildman–Crippen LogP) is 2.63. The van der Waals surface area contributed by atoms with Crippen LogP contribution >= 0.6 is 0 Å². The Morgan fingerprint density at radius 3 is 2.83 bits per heavy atom. The second kappa shape index (κ2) is 5.36. The van der Waals surface area contributed by atoms with E-state index in [1.54, 1.807) is 0 Å². The minimum Gasteiger partial charge on any atom is -0.328 e. The molecule has 18 heavy (non-hydrogen) atoms. The summed E-state index contributed by atoms with van der Waals surface area (Å²) in [5.41, 5.74) is 9.70. The quantitative estimate of drug-likeness (QED) is 0.897. The van der Waals surface area contributed by atoms with E-state index in [0.29, 0.717) is 0 Å². The maximum absolute atomic E-state index is 5.94. The molecule has 3 nitrogen and oxygen atoms in total. The van der Waals surface area contributed by atoms with Gasteiger partial charge in [0.25, 0.3) is 0 Å². The molecule has 2 N–H and O–H groups in total. The second-order valence-electron chi connectivity index (χ2n) is 4.88. The SMILES string of the molecule is CCc1nccn1-c1ccc(C)cc1CC(C)N. The van der Waals surface area contributed by atoms with Crippen molar-refractivity contribution in [2.75, 3.05) is 0 Å². The summed E-state index contributed by atoms with van der Waals surface area (Å²) in [5.74, 6) is 1.09. The number of hydrogen-bond donors (Lipinski definition) is 1. The number of aryl methyl sites for hydroxylation is 2. The largest absolute Gasteiger partial charge is 0.328 e. The van der Waals surface area contributed by atoms with Crippen LogP contribution in [0.4, 0.5) is 0 Å². The summed E-state index contributed by atoms with van der Waals surface area (Å²) < 4.78 is 2.16. The molecule has 1 aromatic carbocycles. The average Bonchev–Trinajstić information content (AvgIpc) is 2.76. The number of rotatable bonds is 4. The molecule has 0 aliphatic carbocycles. The first kappa shape index (κ1) is 12.8. The highest BCUT2D eigenvalue weighted by Crippen LogP contribution is 2.19. The third-order valence-electron chi connectivity index (χ3n) is 3.07. The van der Waals surface area contributed by atoms with Crippen molar-refractivity contribution in [2.24, 2.45) is 5.73 Å². The van der Waals surface area contributed by atoms with Crippen LogP contribution < -0.4 is 5.73 Å². The Kier molecular flexibility index (Phi) is 3.82. The van der Waals surface area contributed by atoms with Crippen molar-refractivity contribution in [3.63, 3.8) is 0 Å². The van der Waals surface area contributed by atoms with E-state index < -0.39 is 0 Å². The summed E-state index contributed by atoms with van der Waals surface area (Å²) in [5, 5.41) is 0. The van der Waals surface area contributed by atoms with Crippen molar-refractivity contribution in [1.82, 2.24) is 9.55 Å². The molecule has 0 bridgehead atoms. The molecule has 0 radical (unpaired) electrons. The van der Waals surface area contributed by atoms with Gasteiger partial charge in [0.15, 0.2) is 0 Å². The van der Waals surface area contributed by atoms with E-state index >= 15 is 0 Å². The Hall–Kier alpha value is -1.61. The van der Waals surface area contributed by atoms with Gasteiger partial charge in [0, 0.05) is 30.5 Å². The van der Waals surface area contributed by atoms with Gasteiger partial charge in [-0.25, -0.2) is 4.98 Å². The lowest BCUT2D eigenvalue weighted by atomic mass is 10.0. The summed E-state index contributed by atoms with van der Waals surface area (Å²) in [4.78, 5) is 4.39. The van der Waals surface area contributed by atoms with Crippen LogP contribution in [0.3, 0.4) is 0 Å². The smallest absolute Gasteiger partial charge is 0.112 e. The van der Waals surface area contributed by atoms with Crippen LogP contribution in [0.5, 0.6) is 0 Å². The molecule has 96 valence electrons. The van der Waals surface area contributed by atoms with E-state index in [-0.39, 0.29) is 6.04 Å². The van der Waals surface area contributed by atoms with Gasteiger partial charge in [0.05, 0.1) is 0 Å². The number of hydrogen-bond acceptors (Lipinski definition) is 2. The van der Waals surface area contributed by atoms with E-state index in [1.165, 1.54) is 16.8 Å². The highest BCUT2D eigenvalue weighted by molar-refractivity contribution is 5.44. The van der Waals surface area contributed by atoms with E-state index in [1.807, 2.05) is 19.3 Å². The molecule has 1 heterocycles. The lowest BCUT2D eigenvalue weighted by Crippen LogP contribution is -2.19. The molecule has 0 aliphatic heterocycles. The average molecular weight is 243 g/mol. The van der Waals surface area contributed by atoms with E-state index in [0.717, 1.165) is 18.7 Å². The van der Waals surface area contributed by atoms with Crippen LogP contribution in [0.15, 0.2) is 30.6 Å². The van der Waals surface area contributed by atoms with Crippen molar-refractivity contribution in [1.29, 1.82) is 0 Å². The van der Waals surface area contributed by atoms with E-state index in [9.17, 15) is 0 Å². The van der Waals surface area contributed by atoms with Crippen LogP contribution in [0.25, 0.3) is 5.69 Å². The Morgan fingerprint density at radius 1 is 1.39 bits per heavy atom. The Morgan fingerprint density at radius 2 is 2.17 bits per heavy atom. The van der Waals surface area contributed by atoms with Gasteiger partial charge >= 0.3 is 0 Å². The van der Waals surface area contributed by atoms with Gasteiger partial charge in [-0.1, -0.05) is 24.6 Å². The second-order valence-corrected chi connectivity index (χ2v) is 4.88. The lowest BCUT2D eigenvalue weighted by molar-refractivity contribution is 0.730. The summed E-state index contributed by atoms with van der Waals surface area (Å²) in [6, 6.07) is 6.69. The monoisotopic (exact) mass is 243 g/mol. The summed E-state index contributed by atoms with van der Waals surface area (Å²) in [6.07, 6.45) is 5.69. The minimum absolute atomic E-state index is 0.166. The normalized spacial score (nSPS) is 12.7. The van der Waals surface area contributed by atoms with Gasteiger partial charge < -0.3 is 10.3 Å². The van der Waals surface area contributed by atoms with E-state index in [2.05, 4.69) is 41.6 Å². The maximum atomic E-state index is 5.94. The van der Waals surface area contributed by atoms with Crippen LogP contribution in [0.1, 0.15) is 30.8 Å². The standard InChI is InChI=1S/C15H21N3/c1-4-15-17-7-8-18(15)14-6-5-11(2)9-13(14)10-12(3)16/h5-9,12H,4,10,16H2,1-3H3. The zero-order valence-electron chi connectivity index (χ0n) is 11.4. The van der Waals surface area contributed by atoms with E-state index in [4.69, 9.17) is 5.73 Å². The molecular weight excluding hydrogens is 222 g/mol. The summed E-state index contributed by atoms with van der Waals surface area (Å²) in [7, 11) is 0. The topological polar surface area (TPSA) is 43.8 Å². The highest BCUT2D eigenvalue weighted by atomic mass is 15.1. The van der Waals surface area contributed by atoms with Crippen molar-refractivity contribution < 1.29 is 0 Å². The van der Waals surface area contributed by atoms with Crippen LogP contribution in [0.2, 0.25) is 0 Å². The molecule has 3 heteroatoms. The first-order valence-corrected chi connectivity index (χ1v) is 6.49. The van der Waals surface area contributed by atoms with Crippen molar-refractivity contribution in [2.45, 2.75) is 39.7 Å². The molecule has 2 rings (SSSR count). The van der Waals surface area contributed by atoms with Crippen LogP contribution in [-0.2, 0) is 12.8 Å². The molecular formula is C15H21N3. The molecule has 0 fully saturated rings. The zero-order valence-corrected chi connectivity index (χ0v) is 11.4. The fourth-order valence-electron chi connectivity index (χ4n) is 2.27. The fraction of sp³-hybridized carbons (Fsp3) is 0.400. The van der Waals surface area contributed by atoms with Gasteiger partial charge in [-0.2, -0.15) is 0 Å². The summed E-state index contributed by atoms with van der Waals surface area (Å²) >= 11 is 0. The first-order valence-electron chi connectivity index (χ1n) is 6.49. The summed E-state index contributed by atoms with van der Waals surface area (Å²) in [6.45, 7) is 6.28. The Balaban J connectivity index is 2.49. The highest BCUT2D eigenvalue weighted by Gasteiger charge is 2.10. The first-order chi connectivity index (χ1) is 8.61. The fourth-order valence-corrected chi connectivity index (χ4v) is 2.27. The molecule has 0 saturated carbocycles. The van der Waals surface area contributed by atoms with Gasteiger partial charge in [0.1, 0.15) is 5.82 Å². The molecule has 0 aliphatic rings.